The van der Waals surface area contributed by atoms with E-state index in [4.69, 9.17) is 11.6 Å². The van der Waals surface area contributed by atoms with Gasteiger partial charge in [0.15, 0.2) is 0 Å². The molecule has 1 aromatic carbocycles. The van der Waals surface area contributed by atoms with Crippen molar-refractivity contribution in [3.05, 3.63) is 52.6 Å². The molecule has 1 aromatic heterocycles. The Morgan fingerprint density at radius 3 is 2.61 bits per heavy atom. The summed E-state index contributed by atoms with van der Waals surface area (Å²) in [6.45, 7) is 1.90. The number of aromatic amines is 1. The van der Waals surface area contributed by atoms with Crippen molar-refractivity contribution < 1.29 is 9.59 Å². The van der Waals surface area contributed by atoms with Crippen LogP contribution >= 0.6 is 11.6 Å². The summed E-state index contributed by atoms with van der Waals surface area (Å²) in [5, 5.41) is 0.477. The molecule has 1 saturated carbocycles. The van der Waals surface area contributed by atoms with Crippen LogP contribution in [0.1, 0.15) is 47.4 Å². The summed E-state index contributed by atoms with van der Waals surface area (Å²) in [5.74, 6) is 0.401. The average Bonchev–Trinajstić information content (AvgIpc) is 3.45. The largest absolute Gasteiger partial charge is 0.348 e. The lowest BCUT2D eigenvalue weighted by atomic mass is 9.78. The van der Waals surface area contributed by atoms with E-state index in [-0.39, 0.29) is 17.7 Å². The Bertz CT molecular complexity index is 928. The Labute approximate surface area is 168 Å². The van der Waals surface area contributed by atoms with Crippen molar-refractivity contribution in [3.63, 3.8) is 0 Å². The number of hydrogen-bond donors (Lipinski definition) is 1. The van der Waals surface area contributed by atoms with Crippen LogP contribution in [0.4, 0.5) is 0 Å². The van der Waals surface area contributed by atoms with Crippen molar-refractivity contribution in [3.8, 4) is 0 Å². The fourth-order valence-electron chi connectivity index (χ4n) is 4.74. The number of hydrogen-bond acceptors (Lipinski definition) is 3. The molecule has 1 aliphatic carbocycles. The summed E-state index contributed by atoms with van der Waals surface area (Å²) in [5.41, 5.74) is 2.27. The summed E-state index contributed by atoms with van der Waals surface area (Å²) >= 11 is 6.22. The standard InChI is InChI=1S/C21H23ClN4O2/c22-16-4-2-1-3-15(16)20(28)25-11-8-21(9-12-25)18-17(23-13-24-18)7-10-26(21)19(27)14-5-6-14/h1-4,13-14H,5-12H2,(H,23,24). The van der Waals surface area contributed by atoms with Crippen LogP contribution in [-0.2, 0) is 16.8 Å². The number of carbonyl (C=O) groups is 2. The quantitative estimate of drug-likeness (QED) is 0.845. The summed E-state index contributed by atoms with van der Waals surface area (Å²) in [6.07, 6.45) is 5.96. The molecule has 0 atom stereocenters. The molecule has 1 saturated heterocycles. The van der Waals surface area contributed by atoms with Crippen LogP contribution in [0.2, 0.25) is 5.02 Å². The van der Waals surface area contributed by atoms with E-state index in [9.17, 15) is 9.59 Å². The van der Waals surface area contributed by atoms with Crippen LogP contribution in [-0.4, -0.2) is 51.2 Å². The lowest BCUT2D eigenvalue weighted by Crippen LogP contribution is -2.59. The fourth-order valence-corrected chi connectivity index (χ4v) is 4.96. The van der Waals surface area contributed by atoms with Gasteiger partial charge in [-0.05, 0) is 37.8 Å². The second-order valence-corrected chi connectivity index (χ2v) is 8.45. The van der Waals surface area contributed by atoms with Gasteiger partial charge in [0, 0.05) is 37.7 Å². The normalized spacial score (nSPS) is 20.9. The number of nitrogens with one attached hydrogen (secondary N) is 1. The smallest absolute Gasteiger partial charge is 0.255 e. The highest BCUT2D eigenvalue weighted by molar-refractivity contribution is 6.33. The van der Waals surface area contributed by atoms with E-state index < -0.39 is 5.54 Å². The Morgan fingerprint density at radius 1 is 1.14 bits per heavy atom. The number of fused-ring (bicyclic) bond motifs is 2. The van der Waals surface area contributed by atoms with Crippen molar-refractivity contribution in [1.82, 2.24) is 19.8 Å². The van der Waals surface area contributed by atoms with E-state index in [1.807, 2.05) is 17.0 Å². The molecule has 2 fully saturated rings. The number of piperidine rings is 1. The topological polar surface area (TPSA) is 69.3 Å². The number of rotatable bonds is 2. The third-order valence-electron chi connectivity index (χ3n) is 6.44. The minimum atomic E-state index is -0.398. The zero-order valence-corrected chi connectivity index (χ0v) is 16.4. The summed E-state index contributed by atoms with van der Waals surface area (Å²) < 4.78 is 0. The van der Waals surface area contributed by atoms with Crippen molar-refractivity contribution in [2.75, 3.05) is 19.6 Å². The molecule has 1 N–H and O–H groups in total. The predicted molar refractivity (Wildman–Crippen MR) is 105 cm³/mol. The van der Waals surface area contributed by atoms with E-state index in [1.54, 1.807) is 18.5 Å². The van der Waals surface area contributed by atoms with E-state index in [0.29, 0.717) is 36.5 Å². The third kappa shape index (κ3) is 2.73. The minimum absolute atomic E-state index is 0.0430. The van der Waals surface area contributed by atoms with Gasteiger partial charge in [0.1, 0.15) is 0 Å². The first-order valence-electron chi connectivity index (χ1n) is 9.98. The first kappa shape index (κ1) is 17.7. The second-order valence-electron chi connectivity index (χ2n) is 8.05. The zero-order valence-electron chi connectivity index (χ0n) is 15.7. The maximum atomic E-state index is 13.0. The number of carbonyl (C=O) groups excluding carboxylic acids is 2. The zero-order chi connectivity index (χ0) is 19.3. The van der Waals surface area contributed by atoms with Crippen LogP contribution < -0.4 is 0 Å². The van der Waals surface area contributed by atoms with E-state index in [2.05, 4.69) is 14.9 Å². The molecule has 3 aliphatic rings. The molecule has 0 bridgehead atoms. The highest BCUT2D eigenvalue weighted by Crippen LogP contribution is 2.45. The number of nitrogens with zero attached hydrogens (tertiary/aromatic N) is 3. The van der Waals surface area contributed by atoms with E-state index >= 15 is 0 Å². The number of imidazole rings is 1. The molecule has 2 aliphatic heterocycles. The number of amides is 2. The number of aromatic nitrogens is 2. The van der Waals surface area contributed by atoms with Gasteiger partial charge in [0.2, 0.25) is 5.91 Å². The fraction of sp³-hybridized carbons (Fsp3) is 0.476. The monoisotopic (exact) mass is 398 g/mol. The van der Waals surface area contributed by atoms with Gasteiger partial charge in [0.05, 0.1) is 28.1 Å². The average molecular weight is 399 g/mol. The van der Waals surface area contributed by atoms with Crippen molar-refractivity contribution in [2.24, 2.45) is 5.92 Å². The first-order chi connectivity index (χ1) is 13.6. The molecule has 7 heteroatoms. The molecule has 2 amide bonds. The Balaban J connectivity index is 1.42. The molecule has 0 radical (unpaired) electrons. The predicted octanol–water partition coefficient (Wildman–Crippen LogP) is 2.99. The van der Waals surface area contributed by atoms with Gasteiger partial charge < -0.3 is 14.8 Å². The molecular formula is C21H23ClN4O2. The maximum Gasteiger partial charge on any atom is 0.255 e. The highest BCUT2D eigenvalue weighted by Gasteiger charge is 2.51. The van der Waals surface area contributed by atoms with Gasteiger partial charge in [-0.1, -0.05) is 23.7 Å². The number of benzene rings is 1. The molecule has 28 heavy (non-hydrogen) atoms. The molecule has 2 aromatic rings. The lowest BCUT2D eigenvalue weighted by Gasteiger charge is -2.50. The first-order valence-corrected chi connectivity index (χ1v) is 10.4. The van der Waals surface area contributed by atoms with Crippen LogP contribution in [0.3, 0.4) is 0 Å². The number of halogens is 1. The SMILES string of the molecule is O=C(c1ccccc1Cl)N1CCC2(CC1)c1nc[nH]c1CCN2C(=O)C1CC1. The van der Waals surface area contributed by atoms with Gasteiger partial charge in [-0.2, -0.15) is 0 Å². The van der Waals surface area contributed by atoms with Crippen molar-refractivity contribution in [1.29, 1.82) is 0 Å². The molecule has 5 rings (SSSR count). The van der Waals surface area contributed by atoms with Crippen LogP contribution in [0.15, 0.2) is 30.6 Å². The van der Waals surface area contributed by atoms with E-state index in [1.165, 1.54) is 0 Å². The summed E-state index contributed by atoms with van der Waals surface area (Å²) in [6, 6.07) is 7.17. The highest BCUT2D eigenvalue weighted by atomic mass is 35.5. The second kappa shape index (κ2) is 6.62. The molecule has 0 unspecified atom stereocenters. The third-order valence-corrected chi connectivity index (χ3v) is 6.77. The lowest BCUT2D eigenvalue weighted by molar-refractivity contribution is -0.143. The van der Waals surface area contributed by atoms with Gasteiger partial charge in [0.25, 0.3) is 5.91 Å². The molecule has 6 nitrogen and oxygen atoms in total. The van der Waals surface area contributed by atoms with Gasteiger partial charge in [-0.3, -0.25) is 9.59 Å². The Hall–Kier alpha value is -2.34. The summed E-state index contributed by atoms with van der Waals surface area (Å²) in [7, 11) is 0. The number of likely N-dealkylation sites (tertiary alicyclic amines) is 1. The van der Waals surface area contributed by atoms with Crippen molar-refractivity contribution >= 4 is 23.4 Å². The molecule has 146 valence electrons. The number of H-pyrrole nitrogens is 1. The van der Waals surface area contributed by atoms with Gasteiger partial charge >= 0.3 is 0 Å². The van der Waals surface area contributed by atoms with Crippen molar-refractivity contribution in [2.45, 2.75) is 37.6 Å². The van der Waals surface area contributed by atoms with Gasteiger partial charge in [-0.15, -0.1) is 0 Å². The minimum Gasteiger partial charge on any atom is -0.348 e. The maximum absolute atomic E-state index is 13.0. The molecule has 1 spiro atoms. The van der Waals surface area contributed by atoms with Crippen LogP contribution in [0, 0.1) is 5.92 Å². The van der Waals surface area contributed by atoms with E-state index in [0.717, 1.165) is 37.2 Å². The molecule has 3 heterocycles. The molecular weight excluding hydrogens is 376 g/mol. The van der Waals surface area contributed by atoms with Gasteiger partial charge in [-0.25, -0.2) is 4.98 Å². The van der Waals surface area contributed by atoms with Crippen LogP contribution in [0.5, 0.6) is 0 Å². The Morgan fingerprint density at radius 2 is 1.89 bits per heavy atom. The summed E-state index contributed by atoms with van der Waals surface area (Å²) in [4.78, 5) is 37.8. The Kier molecular flexibility index (Phi) is 4.19. The van der Waals surface area contributed by atoms with Crippen LogP contribution in [0.25, 0.3) is 0 Å².